The number of hydrogen-bond donors (Lipinski definition) is 1. The lowest BCUT2D eigenvalue weighted by atomic mass is 10.1. The maximum atomic E-state index is 11.0. The predicted octanol–water partition coefficient (Wildman–Crippen LogP) is 4.14. The van der Waals surface area contributed by atoms with Crippen LogP contribution in [0.2, 0.25) is 5.02 Å². The topological polar surface area (TPSA) is 46.5 Å². The van der Waals surface area contributed by atoms with Crippen molar-refractivity contribution < 1.29 is 14.6 Å². The van der Waals surface area contributed by atoms with E-state index in [2.05, 4.69) is 0 Å². The molecule has 0 aliphatic carbocycles. The van der Waals surface area contributed by atoms with Crippen LogP contribution in [0.15, 0.2) is 42.5 Å². The fraction of sp³-hybridized carbons (Fsp3) is 0.0714. The Kier molecular flexibility index (Phi) is 3.53. The summed E-state index contributed by atoms with van der Waals surface area (Å²) in [5.41, 5.74) is 0.796. The Bertz CT molecular complexity index is 593. The highest BCUT2D eigenvalue weighted by Crippen LogP contribution is 2.31. The summed E-state index contributed by atoms with van der Waals surface area (Å²) in [7, 11) is 0. The van der Waals surface area contributed by atoms with Crippen molar-refractivity contribution in [2.45, 2.75) is 6.92 Å². The fourth-order valence-electron chi connectivity index (χ4n) is 1.60. The van der Waals surface area contributed by atoms with Gasteiger partial charge in [0.25, 0.3) is 0 Å². The largest absolute Gasteiger partial charge is 0.478 e. The van der Waals surface area contributed by atoms with Gasteiger partial charge in [0.05, 0.1) is 10.6 Å². The van der Waals surface area contributed by atoms with Crippen molar-refractivity contribution in [3.63, 3.8) is 0 Å². The molecule has 1 N–H and O–H groups in total. The number of hydrogen-bond acceptors (Lipinski definition) is 2. The molecular weight excluding hydrogens is 252 g/mol. The summed E-state index contributed by atoms with van der Waals surface area (Å²) in [5, 5.41) is 9.51. The van der Waals surface area contributed by atoms with Crippen molar-refractivity contribution in [1.29, 1.82) is 0 Å². The van der Waals surface area contributed by atoms with E-state index in [1.54, 1.807) is 43.3 Å². The summed E-state index contributed by atoms with van der Waals surface area (Å²) in [6.45, 7) is 1.70. The minimum Gasteiger partial charge on any atom is -0.478 e. The first kappa shape index (κ1) is 12.5. The number of benzene rings is 2. The Hall–Kier alpha value is -2.00. The summed E-state index contributed by atoms with van der Waals surface area (Å²) in [6.07, 6.45) is 0. The van der Waals surface area contributed by atoms with Gasteiger partial charge < -0.3 is 9.84 Å². The summed E-state index contributed by atoms with van der Waals surface area (Å²) >= 11 is 5.99. The van der Waals surface area contributed by atoms with Crippen molar-refractivity contribution in [3.05, 3.63) is 58.6 Å². The second-order valence-electron chi connectivity index (χ2n) is 3.77. The average molecular weight is 263 g/mol. The number of carbonyl (C=O) groups is 1. The zero-order valence-electron chi connectivity index (χ0n) is 9.68. The molecule has 0 amide bonds. The second kappa shape index (κ2) is 5.10. The van der Waals surface area contributed by atoms with Crippen LogP contribution in [0.4, 0.5) is 0 Å². The molecule has 3 nitrogen and oxygen atoms in total. The molecule has 0 heterocycles. The molecule has 2 aromatic rings. The van der Waals surface area contributed by atoms with Crippen molar-refractivity contribution in [2.75, 3.05) is 0 Å². The standard InChI is InChI=1S/C14H11ClO3/c1-9-10(14(16)17)5-4-8-12(9)18-13-7-3-2-6-11(13)15/h2-8H,1H3,(H,16,17). The van der Waals surface area contributed by atoms with Gasteiger partial charge in [0, 0.05) is 5.56 Å². The number of carboxylic acid groups (broad SMARTS) is 1. The van der Waals surface area contributed by atoms with Gasteiger partial charge in [-0.15, -0.1) is 0 Å². The third kappa shape index (κ3) is 2.46. The van der Waals surface area contributed by atoms with Gasteiger partial charge in [-0.2, -0.15) is 0 Å². The normalized spacial score (nSPS) is 10.1. The van der Waals surface area contributed by atoms with Crippen LogP contribution in [0.5, 0.6) is 11.5 Å². The first-order chi connectivity index (χ1) is 8.59. The third-order valence-corrected chi connectivity index (χ3v) is 2.88. The van der Waals surface area contributed by atoms with E-state index in [-0.39, 0.29) is 5.56 Å². The van der Waals surface area contributed by atoms with Gasteiger partial charge in [-0.05, 0) is 31.2 Å². The molecule has 0 aromatic heterocycles. The van der Waals surface area contributed by atoms with Gasteiger partial charge in [0.2, 0.25) is 0 Å². The van der Waals surface area contributed by atoms with Crippen molar-refractivity contribution >= 4 is 17.6 Å². The minimum atomic E-state index is -0.975. The van der Waals surface area contributed by atoms with E-state index in [1.165, 1.54) is 6.07 Å². The minimum absolute atomic E-state index is 0.222. The number of rotatable bonds is 3. The van der Waals surface area contributed by atoms with Gasteiger partial charge in [-0.3, -0.25) is 0 Å². The van der Waals surface area contributed by atoms with Crippen LogP contribution in [0.3, 0.4) is 0 Å². The summed E-state index contributed by atoms with van der Waals surface area (Å²) in [5.74, 6) is 0.0184. The Balaban J connectivity index is 2.39. The van der Waals surface area contributed by atoms with Crippen LogP contribution in [-0.2, 0) is 0 Å². The molecule has 0 aliphatic rings. The summed E-state index contributed by atoms with van der Waals surface area (Å²) < 4.78 is 5.64. The first-order valence-corrected chi connectivity index (χ1v) is 5.72. The van der Waals surface area contributed by atoms with E-state index < -0.39 is 5.97 Å². The molecule has 0 atom stereocenters. The molecule has 0 spiro atoms. The highest BCUT2D eigenvalue weighted by Gasteiger charge is 2.12. The Morgan fingerprint density at radius 2 is 1.78 bits per heavy atom. The molecule has 92 valence electrons. The number of aromatic carboxylic acids is 1. The number of ether oxygens (including phenoxy) is 1. The molecule has 0 unspecified atom stereocenters. The zero-order valence-corrected chi connectivity index (χ0v) is 10.4. The van der Waals surface area contributed by atoms with E-state index in [1.807, 2.05) is 0 Å². The molecule has 2 aromatic carbocycles. The number of para-hydroxylation sites is 1. The van der Waals surface area contributed by atoms with Gasteiger partial charge in [0.15, 0.2) is 0 Å². The van der Waals surface area contributed by atoms with Crippen LogP contribution < -0.4 is 4.74 Å². The van der Waals surface area contributed by atoms with Crippen LogP contribution in [0.25, 0.3) is 0 Å². The zero-order chi connectivity index (χ0) is 13.1. The quantitative estimate of drug-likeness (QED) is 0.904. The first-order valence-electron chi connectivity index (χ1n) is 5.35. The third-order valence-electron chi connectivity index (χ3n) is 2.57. The molecule has 0 aliphatic heterocycles. The van der Waals surface area contributed by atoms with E-state index >= 15 is 0 Å². The van der Waals surface area contributed by atoms with E-state index in [9.17, 15) is 4.79 Å². The molecule has 0 radical (unpaired) electrons. The molecule has 0 saturated carbocycles. The number of halogens is 1. The molecule has 0 saturated heterocycles. The molecule has 18 heavy (non-hydrogen) atoms. The lowest BCUT2D eigenvalue weighted by Crippen LogP contribution is -2.01. The Morgan fingerprint density at radius 3 is 2.44 bits per heavy atom. The number of carboxylic acids is 1. The molecule has 4 heteroatoms. The molecule has 0 fully saturated rings. The molecular formula is C14H11ClO3. The smallest absolute Gasteiger partial charge is 0.336 e. The monoisotopic (exact) mass is 262 g/mol. The maximum Gasteiger partial charge on any atom is 0.336 e. The van der Waals surface area contributed by atoms with Crippen LogP contribution in [0, 0.1) is 6.92 Å². The van der Waals surface area contributed by atoms with Crippen molar-refractivity contribution in [1.82, 2.24) is 0 Å². The lowest BCUT2D eigenvalue weighted by Gasteiger charge is -2.11. The van der Waals surface area contributed by atoms with Crippen molar-refractivity contribution in [2.24, 2.45) is 0 Å². The Morgan fingerprint density at radius 1 is 1.11 bits per heavy atom. The predicted molar refractivity (Wildman–Crippen MR) is 69.7 cm³/mol. The molecule has 2 rings (SSSR count). The summed E-state index contributed by atoms with van der Waals surface area (Å²) in [4.78, 5) is 11.0. The Labute approximate surface area is 110 Å². The molecule has 0 bridgehead atoms. The maximum absolute atomic E-state index is 11.0. The SMILES string of the molecule is Cc1c(Oc2ccccc2Cl)cccc1C(=O)O. The van der Waals surface area contributed by atoms with Crippen LogP contribution in [-0.4, -0.2) is 11.1 Å². The van der Waals surface area contributed by atoms with Gasteiger partial charge in [-0.1, -0.05) is 29.8 Å². The van der Waals surface area contributed by atoms with E-state index in [0.717, 1.165) is 0 Å². The van der Waals surface area contributed by atoms with Crippen LogP contribution >= 0.6 is 11.6 Å². The van der Waals surface area contributed by atoms with E-state index in [4.69, 9.17) is 21.4 Å². The van der Waals surface area contributed by atoms with Gasteiger partial charge >= 0.3 is 5.97 Å². The van der Waals surface area contributed by atoms with Crippen LogP contribution in [0.1, 0.15) is 15.9 Å². The van der Waals surface area contributed by atoms with Gasteiger partial charge in [0.1, 0.15) is 11.5 Å². The highest BCUT2D eigenvalue weighted by atomic mass is 35.5. The average Bonchev–Trinajstić information content (AvgIpc) is 2.34. The van der Waals surface area contributed by atoms with E-state index in [0.29, 0.717) is 22.1 Å². The highest BCUT2D eigenvalue weighted by molar-refractivity contribution is 6.32. The summed E-state index contributed by atoms with van der Waals surface area (Å²) in [6, 6.07) is 11.9. The van der Waals surface area contributed by atoms with Crippen molar-refractivity contribution in [3.8, 4) is 11.5 Å². The second-order valence-corrected chi connectivity index (χ2v) is 4.17. The fourth-order valence-corrected chi connectivity index (χ4v) is 1.78. The van der Waals surface area contributed by atoms with Gasteiger partial charge in [-0.25, -0.2) is 4.79 Å². The lowest BCUT2D eigenvalue weighted by molar-refractivity contribution is 0.0695.